The molecule has 2 aliphatic carbocycles. The molecule has 1 unspecified atom stereocenters. The second-order valence-electron chi connectivity index (χ2n) is 6.33. The van der Waals surface area contributed by atoms with Gasteiger partial charge in [0, 0.05) is 18.1 Å². The van der Waals surface area contributed by atoms with E-state index in [1.807, 2.05) is 0 Å². The summed E-state index contributed by atoms with van der Waals surface area (Å²) >= 11 is 0. The van der Waals surface area contributed by atoms with Gasteiger partial charge in [-0.15, -0.1) is 0 Å². The van der Waals surface area contributed by atoms with E-state index in [2.05, 4.69) is 18.7 Å². The molecule has 0 saturated heterocycles. The first kappa shape index (κ1) is 13.4. The molecule has 0 aromatic carbocycles. The Labute approximate surface area is 107 Å². The van der Waals surface area contributed by atoms with E-state index in [4.69, 9.17) is 5.73 Å². The standard InChI is InChI=1S/C15H30N2/c1-3-10-17(12(2)11-13-4-5-13)15-8-6-14(16)7-9-15/h12-15H,3-11,16H2,1-2H3. The van der Waals surface area contributed by atoms with E-state index in [1.54, 1.807) is 0 Å². The number of hydrogen-bond donors (Lipinski definition) is 1. The van der Waals surface area contributed by atoms with E-state index in [0.717, 1.165) is 18.0 Å². The molecule has 1 atom stereocenters. The molecule has 0 amide bonds. The second-order valence-corrected chi connectivity index (χ2v) is 6.33. The first-order valence-corrected chi connectivity index (χ1v) is 7.72. The molecule has 0 aliphatic heterocycles. The third kappa shape index (κ3) is 3.96. The minimum absolute atomic E-state index is 0.480. The molecule has 17 heavy (non-hydrogen) atoms. The predicted octanol–water partition coefficient (Wildman–Crippen LogP) is 3.16. The van der Waals surface area contributed by atoms with Crippen molar-refractivity contribution in [3.63, 3.8) is 0 Å². The van der Waals surface area contributed by atoms with E-state index < -0.39 is 0 Å². The summed E-state index contributed by atoms with van der Waals surface area (Å²) < 4.78 is 0. The second kappa shape index (κ2) is 6.19. The number of hydrogen-bond acceptors (Lipinski definition) is 2. The van der Waals surface area contributed by atoms with Crippen molar-refractivity contribution in [2.75, 3.05) is 6.54 Å². The highest BCUT2D eigenvalue weighted by Crippen LogP contribution is 2.36. The quantitative estimate of drug-likeness (QED) is 0.770. The van der Waals surface area contributed by atoms with Crippen LogP contribution in [-0.4, -0.2) is 29.6 Å². The highest BCUT2D eigenvalue weighted by atomic mass is 15.2. The average Bonchev–Trinajstić information content (AvgIpc) is 3.11. The SMILES string of the molecule is CCCN(C(C)CC1CC1)C1CCC(N)CC1. The molecule has 0 spiro atoms. The van der Waals surface area contributed by atoms with Crippen LogP contribution in [0.3, 0.4) is 0 Å². The van der Waals surface area contributed by atoms with Gasteiger partial charge in [0.15, 0.2) is 0 Å². The Morgan fingerprint density at radius 2 is 1.76 bits per heavy atom. The molecule has 0 heterocycles. The third-order valence-electron chi connectivity index (χ3n) is 4.63. The number of rotatable bonds is 6. The minimum atomic E-state index is 0.480. The van der Waals surface area contributed by atoms with Gasteiger partial charge in [-0.1, -0.05) is 19.8 Å². The Morgan fingerprint density at radius 1 is 1.12 bits per heavy atom. The zero-order chi connectivity index (χ0) is 12.3. The molecular weight excluding hydrogens is 208 g/mol. The van der Waals surface area contributed by atoms with Gasteiger partial charge in [-0.2, -0.15) is 0 Å². The molecular formula is C15H30N2. The maximum absolute atomic E-state index is 6.02. The first-order chi connectivity index (χ1) is 8.20. The van der Waals surface area contributed by atoms with Crippen molar-refractivity contribution in [2.45, 2.75) is 83.3 Å². The lowest BCUT2D eigenvalue weighted by molar-refractivity contribution is 0.0998. The van der Waals surface area contributed by atoms with Crippen LogP contribution in [0.1, 0.15) is 65.2 Å². The minimum Gasteiger partial charge on any atom is -0.328 e. The van der Waals surface area contributed by atoms with Crippen molar-refractivity contribution in [2.24, 2.45) is 11.7 Å². The van der Waals surface area contributed by atoms with Crippen molar-refractivity contribution in [1.29, 1.82) is 0 Å². The van der Waals surface area contributed by atoms with Gasteiger partial charge in [-0.05, 0) is 57.9 Å². The fourth-order valence-electron chi connectivity index (χ4n) is 3.43. The van der Waals surface area contributed by atoms with Crippen molar-refractivity contribution >= 4 is 0 Å². The fraction of sp³-hybridized carbons (Fsp3) is 1.00. The fourth-order valence-corrected chi connectivity index (χ4v) is 3.43. The monoisotopic (exact) mass is 238 g/mol. The van der Waals surface area contributed by atoms with Crippen molar-refractivity contribution in [1.82, 2.24) is 4.90 Å². The maximum Gasteiger partial charge on any atom is 0.00992 e. The topological polar surface area (TPSA) is 29.3 Å². The number of nitrogens with two attached hydrogens (primary N) is 1. The van der Waals surface area contributed by atoms with Crippen LogP contribution in [0, 0.1) is 5.92 Å². The lowest BCUT2D eigenvalue weighted by atomic mass is 9.89. The zero-order valence-corrected chi connectivity index (χ0v) is 11.7. The van der Waals surface area contributed by atoms with Crippen LogP contribution in [0.5, 0.6) is 0 Å². The predicted molar refractivity (Wildman–Crippen MR) is 74.0 cm³/mol. The summed E-state index contributed by atoms with van der Waals surface area (Å²) in [6.45, 7) is 6.04. The summed E-state index contributed by atoms with van der Waals surface area (Å²) in [5.41, 5.74) is 6.02. The third-order valence-corrected chi connectivity index (χ3v) is 4.63. The molecule has 2 N–H and O–H groups in total. The van der Waals surface area contributed by atoms with Crippen molar-refractivity contribution in [3.8, 4) is 0 Å². The van der Waals surface area contributed by atoms with Gasteiger partial charge in [0.25, 0.3) is 0 Å². The lowest BCUT2D eigenvalue weighted by Gasteiger charge is -2.40. The Bertz CT molecular complexity index is 217. The lowest BCUT2D eigenvalue weighted by Crippen LogP contribution is -2.45. The van der Waals surface area contributed by atoms with Gasteiger partial charge in [-0.3, -0.25) is 4.90 Å². The Kier molecular flexibility index (Phi) is 4.87. The van der Waals surface area contributed by atoms with Crippen LogP contribution >= 0.6 is 0 Å². The molecule has 0 aromatic rings. The summed E-state index contributed by atoms with van der Waals surface area (Å²) in [7, 11) is 0. The summed E-state index contributed by atoms with van der Waals surface area (Å²) in [5.74, 6) is 1.05. The first-order valence-electron chi connectivity index (χ1n) is 7.72. The van der Waals surface area contributed by atoms with Crippen LogP contribution in [0.15, 0.2) is 0 Å². The molecule has 2 nitrogen and oxygen atoms in total. The van der Waals surface area contributed by atoms with Gasteiger partial charge < -0.3 is 5.73 Å². The van der Waals surface area contributed by atoms with E-state index in [1.165, 1.54) is 57.9 Å². The summed E-state index contributed by atoms with van der Waals surface area (Å²) in [5, 5.41) is 0. The zero-order valence-electron chi connectivity index (χ0n) is 11.7. The van der Waals surface area contributed by atoms with E-state index in [0.29, 0.717) is 6.04 Å². The molecule has 2 aliphatic rings. The molecule has 0 aromatic heterocycles. The van der Waals surface area contributed by atoms with E-state index >= 15 is 0 Å². The van der Waals surface area contributed by atoms with Gasteiger partial charge in [-0.25, -0.2) is 0 Å². The normalized spacial score (nSPS) is 31.8. The van der Waals surface area contributed by atoms with Crippen molar-refractivity contribution in [3.05, 3.63) is 0 Å². The van der Waals surface area contributed by atoms with Gasteiger partial charge in [0.2, 0.25) is 0 Å². The van der Waals surface area contributed by atoms with Crippen molar-refractivity contribution < 1.29 is 0 Å². The largest absolute Gasteiger partial charge is 0.328 e. The molecule has 100 valence electrons. The molecule has 2 saturated carbocycles. The summed E-state index contributed by atoms with van der Waals surface area (Å²) in [4.78, 5) is 2.80. The van der Waals surface area contributed by atoms with Crippen LogP contribution in [-0.2, 0) is 0 Å². The highest BCUT2D eigenvalue weighted by Gasteiger charge is 2.30. The van der Waals surface area contributed by atoms with Crippen LogP contribution < -0.4 is 5.73 Å². The van der Waals surface area contributed by atoms with E-state index in [-0.39, 0.29) is 0 Å². The Morgan fingerprint density at radius 3 is 2.29 bits per heavy atom. The van der Waals surface area contributed by atoms with Gasteiger partial charge in [0.1, 0.15) is 0 Å². The van der Waals surface area contributed by atoms with E-state index in [9.17, 15) is 0 Å². The van der Waals surface area contributed by atoms with Crippen LogP contribution in [0.25, 0.3) is 0 Å². The molecule has 0 radical (unpaired) electrons. The van der Waals surface area contributed by atoms with Crippen LogP contribution in [0.2, 0.25) is 0 Å². The molecule has 0 bridgehead atoms. The Balaban J connectivity index is 1.85. The summed E-state index contributed by atoms with van der Waals surface area (Å²) in [6, 6.07) is 2.10. The summed E-state index contributed by atoms with van der Waals surface area (Å²) in [6.07, 6.45) is 10.8. The van der Waals surface area contributed by atoms with Crippen LogP contribution in [0.4, 0.5) is 0 Å². The molecule has 2 heteroatoms. The highest BCUT2D eigenvalue weighted by molar-refractivity contribution is 4.86. The average molecular weight is 238 g/mol. The number of nitrogens with zero attached hydrogens (tertiary/aromatic N) is 1. The maximum atomic E-state index is 6.02. The van der Waals surface area contributed by atoms with Gasteiger partial charge >= 0.3 is 0 Å². The molecule has 2 rings (SSSR count). The molecule has 2 fully saturated rings. The smallest absolute Gasteiger partial charge is 0.00992 e. The van der Waals surface area contributed by atoms with Gasteiger partial charge in [0.05, 0.1) is 0 Å². The Hall–Kier alpha value is -0.0800.